The second-order valence-corrected chi connectivity index (χ2v) is 5.84. The molecule has 1 aromatic carbocycles. The lowest BCUT2D eigenvalue weighted by Gasteiger charge is -2.29. The van der Waals surface area contributed by atoms with Gasteiger partial charge in [-0.2, -0.15) is 13.2 Å². The second-order valence-electron chi connectivity index (χ2n) is 5.84. The standard InChI is InChI=1S/C16H18F4N2O2/c1-9-8-11(17)3-2-10(9)6-7-21-14(23)12-4-5-13(16(18,19)20)22-15(12)24/h2-3,8,12-13H,4-7H2,1H3,(H,21,23)(H,22,24)/t12-,13+/m0/s1. The maximum absolute atomic E-state index is 13.0. The van der Waals surface area contributed by atoms with Crippen molar-refractivity contribution in [2.45, 2.75) is 38.4 Å². The Morgan fingerprint density at radius 1 is 1.33 bits per heavy atom. The molecule has 0 radical (unpaired) electrons. The Kier molecular flexibility index (Phi) is 5.46. The average Bonchev–Trinajstić information content (AvgIpc) is 2.48. The lowest BCUT2D eigenvalue weighted by molar-refractivity contribution is -0.171. The van der Waals surface area contributed by atoms with Gasteiger partial charge in [-0.3, -0.25) is 9.59 Å². The number of rotatable bonds is 4. The zero-order valence-corrected chi connectivity index (χ0v) is 13.0. The number of hydrogen-bond acceptors (Lipinski definition) is 2. The third kappa shape index (κ3) is 4.46. The Morgan fingerprint density at radius 2 is 2.04 bits per heavy atom. The van der Waals surface area contributed by atoms with E-state index in [9.17, 15) is 27.2 Å². The molecule has 1 aliphatic rings. The van der Waals surface area contributed by atoms with Gasteiger partial charge in [0.15, 0.2) is 0 Å². The average molecular weight is 346 g/mol. The van der Waals surface area contributed by atoms with E-state index in [1.807, 2.05) is 5.32 Å². The molecule has 2 atom stereocenters. The van der Waals surface area contributed by atoms with Crippen molar-refractivity contribution in [1.29, 1.82) is 0 Å². The summed E-state index contributed by atoms with van der Waals surface area (Å²) in [5, 5.41) is 4.40. The predicted octanol–water partition coefficient (Wildman–Crippen LogP) is 2.25. The molecule has 0 bridgehead atoms. The summed E-state index contributed by atoms with van der Waals surface area (Å²) in [6, 6.07) is 2.41. The lowest BCUT2D eigenvalue weighted by Crippen LogP contribution is -2.54. The first-order chi connectivity index (χ1) is 11.2. The zero-order valence-electron chi connectivity index (χ0n) is 13.0. The number of carbonyl (C=O) groups is 2. The van der Waals surface area contributed by atoms with E-state index in [1.54, 1.807) is 13.0 Å². The topological polar surface area (TPSA) is 58.2 Å². The molecule has 0 saturated carbocycles. The van der Waals surface area contributed by atoms with Crippen LogP contribution in [0.15, 0.2) is 18.2 Å². The zero-order chi connectivity index (χ0) is 17.9. The molecular weight excluding hydrogens is 328 g/mol. The van der Waals surface area contributed by atoms with Gasteiger partial charge in [0.05, 0.1) is 0 Å². The van der Waals surface area contributed by atoms with Crippen LogP contribution in [0, 0.1) is 18.7 Å². The van der Waals surface area contributed by atoms with E-state index >= 15 is 0 Å². The van der Waals surface area contributed by atoms with Gasteiger partial charge >= 0.3 is 6.18 Å². The van der Waals surface area contributed by atoms with E-state index in [2.05, 4.69) is 5.32 Å². The van der Waals surface area contributed by atoms with Crippen LogP contribution in [-0.2, 0) is 16.0 Å². The minimum atomic E-state index is -4.50. The molecule has 132 valence electrons. The van der Waals surface area contributed by atoms with Crippen molar-refractivity contribution in [1.82, 2.24) is 10.6 Å². The van der Waals surface area contributed by atoms with Gasteiger partial charge in [0.1, 0.15) is 17.8 Å². The molecule has 1 heterocycles. The van der Waals surface area contributed by atoms with Crippen LogP contribution in [0.25, 0.3) is 0 Å². The van der Waals surface area contributed by atoms with Crippen molar-refractivity contribution in [3.05, 3.63) is 35.1 Å². The Labute approximate surface area is 136 Å². The van der Waals surface area contributed by atoms with Gasteiger partial charge in [-0.25, -0.2) is 4.39 Å². The van der Waals surface area contributed by atoms with Crippen LogP contribution in [-0.4, -0.2) is 30.6 Å². The van der Waals surface area contributed by atoms with E-state index in [0.717, 1.165) is 11.1 Å². The van der Waals surface area contributed by atoms with Gasteiger partial charge in [0, 0.05) is 6.54 Å². The maximum atomic E-state index is 13.0. The summed E-state index contributed by atoms with van der Waals surface area (Å²) in [5.41, 5.74) is 1.59. The Bertz CT molecular complexity index is 631. The van der Waals surface area contributed by atoms with Crippen molar-refractivity contribution in [3.63, 3.8) is 0 Å². The fourth-order valence-electron chi connectivity index (χ4n) is 2.69. The van der Waals surface area contributed by atoms with Crippen molar-refractivity contribution < 1.29 is 27.2 Å². The summed E-state index contributed by atoms with van der Waals surface area (Å²) in [6.07, 6.45) is -4.52. The van der Waals surface area contributed by atoms with Crippen molar-refractivity contribution in [2.75, 3.05) is 6.54 Å². The third-order valence-electron chi connectivity index (χ3n) is 4.09. The summed E-state index contributed by atoms with van der Waals surface area (Å²) in [6.45, 7) is 1.96. The maximum Gasteiger partial charge on any atom is 0.408 e. The van der Waals surface area contributed by atoms with Crippen molar-refractivity contribution >= 4 is 11.8 Å². The number of nitrogens with one attached hydrogen (secondary N) is 2. The van der Waals surface area contributed by atoms with E-state index in [-0.39, 0.29) is 25.2 Å². The van der Waals surface area contributed by atoms with Crippen LogP contribution in [0.1, 0.15) is 24.0 Å². The highest BCUT2D eigenvalue weighted by molar-refractivity contribution is 6.00. The largest absolute Gasteiger partial charge is 0.408 e. The number of aryl methyl sites for hydroxylation is 1. The van der Waals surface area contributed by atoms with Gasteiger partial charge in [0.2, 0.25) is 11.8 Å². The molecule has 0 aliphatic carbocycles. The quantitative estimate of drug-likeness (QED) is 0.649. The number of hydrogen-bond donors (Lipinski definition) is 2. The molecule has 8 heteroatoms. The first-order valence-electron chi connectivity index (χ1n) is 7.58. The van der Waals surface area contributed by atoms with Crippen molar-refractivity contribution in [2.24, 2.45) is 5.92 Å². The first-order valence-corrected chi connectivity index (χ1v) is 7.58. The van der Waals surface area contributed by atoms with Crippen LogP contribution < -0.4 is 10.6 Å². The molecule has 2 amide bonds. The minimum absolute atomic E-state index is 0.141. The normalized spacial score (nSPS) is 21.3. The summed E-state index contributed by atoms with van der Waals surface area (Å²) < 4.78 is 50.7. The van der Waals surface area contributed by atoms with Gasteiger partial charge in [-0.05, 0) is 49.4 Å². The molecular formula is C16H18F4N2O2. The van der Waals surface area contributed by atoms with Crippen LogP contribution in [0.3, 0.4) is 0 Å². The van der Waals surface area contributed by atoms with E-state index in [4.69, 9.17) is 0 Å². The second kappa shape index (κ2) is 7.19. The fraction of sp³-hybridized carbons (Fsp3) is 0.500. The smallest absolute Gasteiger partial charge is 0.355 e. The van der Waals surface area contributed by atoms with E-state index in [0.29, 0.717) is 6.42 Å². The highest BCUT2D eigenvalue weighted by Gasteiger charge is 2.45. The fourth-order valence-corrected chi connectivity index (χ4v) is 2.69. The van der Waals surface area contributed by atoms with Crippen LogP contribution in [0.4, 0.5) is 17.6 Å². The van der Waals surface area contributed by atoms with Gasteiger partial charge < -0.3 is 10.6 Å². The van der Waals surface area contributed by atoms with Crippen LogP contribution >= 0.6 is 0 Å². The lowest BCUT2D eigenvalue weighted by atomic mass is 9.92. The first kappa shape index (κ1) is 18.2. The van der Waals surface area contributed by atoms with Crippen molar-refractivity contribution in [3.8, 4) is 0 Å². The number of carbonyl (C=O) groups excluding carboxylic acids is 2. The Balaban J connectivity index is 1.84. The minimum Gasteiger partial charge on any atom is -0.355 e. The van der Waals surface area contributed by atoms with Crippen LogP contribution in [0.5, 0.6) is 0 Å². The molecule has 1 fully saturated rings. The molecule has 24 heavy (non-hydrogen) atoms. The van der Waals surface area contributed by atoms with E-state index < -0.39 is 30.0 Å². The molecule has 0 unspecified atom stereocenters. The molecule has 1 aliphatic heterocycles. The Morgan fingerprint density at radius 3 is 2.62 bits per heavy atom. The third-order valence-corrected chi connectivity index (χ3v) is 4.09. The molecule has 0 aromatic heterocycles. The van der Waals surface area contributed by atoms with Gasteiger partial charge in [-0.15, -0.1) is 0 Å². The summed E-state index contributed by atoms with van der Waals surface area (Å²) in [5.74, 6) is -2.96. The summed E-state index contributed by atoms with van der Waals surface area (Å²) in [4.78, 5) is 23.7. The number of halogens is 4. The molecule has 4 nitrogen and oxygen atoms in total. The Hall–Kier alpha value is -2.12. The number of benzene rings is 1. The van der Waals surface area contributed by atoms with Gasteiger partial charge in [-0.1, -0.05) is 6.07 Å². The summed E-state index contributed by atoms with van der Waals surface area (Å²) >= 11 is 0. The summed E-state index contributed by atoms with van der Waals surface area (Å²) in [7, 11) is 0. The molecule has 2 rings (SSSR count). The SMILES string of the molecule is Cc1cc(F)ccc1CCNC(=O)[C@@H]1CC[C@H](C(F)(F)F)NC1=O. The molecule has 0 spiro atoms. The van der Waals surface area contributed by atoms with Gasteiger partial charge in [0.25, 0.3) is 0 Å². The molecule has 2 N–H and O–H groups in total. The van der Waals surface area contributed by atoms with Crippen LogP contribution in [0.2, 0.25) is 0 Å². The highest BCUT2D eigenvalue weighted by Crippen LogP contribution is 2.28. The van der Waals surface area contributed by atoms with E-state index in [1.165, 1.54) is 12.1 Å². The molecule has 1 aromatic rings. The predicted molar refractivity (Wildman–Crippen MR) is 78.6 cm³/mol. The highest BCUT2D eigenvalue weighted by atomic mass is 19.4. The monoisotopic (exact) mass is 346 g/mol. The number of amides is 2. The molecule has 1 saturated heterocycles. The number of piperidine rings is 1. The number of alkyl halides is 3.